The second-order valence-electron chi connectivity index (χ2n) is 5.15. The van der Waals surface area contributed by atoms with Gasteiger partial charge >= 0.3 is 0 Å². The third-order valence-electron chi connectivity index (χ3n) is 3.61. The topological polar surface area (TPSA) is 75.2 Å². The molecule has 0 saturated carbocycles. The van der Waals surface area contributed by atoms with Crippen molar-refractivity contribution in [1.29, 1.82) is 0 Å². The summed E-state index contributed by atoms with van der Waals surface area (Å²) in [6, 6.07) is 11.5. The van der Waals surface area contributed by atoms with Gasteiger partial charge in [0.15, 0.2) is 5.82 Å². The van der Waals surface area contributed by atoms with Crippen LogP contribution >= 0.6 is 11.8 Å². The third kappa shape index (κ3) is 3.69. The van der Waals surface area contributed by atoms with Gasteiger partial charge in [0.2, 0.25) is 5.16 Å². The lowest BCUT2D eigenvalue weighted by Gasteiger charge is -2.10. The van der Waals surface area contributed by atoms with Gasteiger partial charge in [-0.3, -0.25) is 0 Å². The van der Waals surface area contributed by atoms with Crippen molar-refractivity contribution in [1.82, 2.24) is 14.9 Å². The smallest absolute Gasteiger partial charge is 0.210 e. The Balaban J connectivity index is 1.80. The first-order valence-electron chi connectivity index (χ1n) is 7.42. The number of halogens is 1. The molecule has 130 valence electrons. The van der Waals surface area contributed by atoms with E-state index in [0.717, 1.165) is 17.1 Å². The minimum Gasteiger partial charge on any atom is -0.497 e. The zero-order valence-corrected chi connectivity index (χ0v) is 14.6. The molecule has 0 bridgehead atoms. The van der Waals surface area contributed by atoms with Crippen molar-refractivity contribution < 1.29 is 13.9 Å². The van der Waals surface area contributed by atoms with Crippen LogP contribution in [0.15, 0.2) is 47.6 Å². The fourth-order valence-electron chi connectivity index (χ4n) is 2.31. The molecule has 0 aliphatic carbocycles. The van der Waals surface area contributed by atoms with E-state index in [0.29, 0.717) is 22.3 Å². The van der Waals surface area contributed by atoms with Crippen molar-refractivity contribution in [3.05, 3.63) is 53.8 Å². The minimum absolute atomic E-state index is 0.313. The number of ether oxygens (including phenoxy) is 2. The molecular formula is C17H17FN4O2S. The van der Waals surface area contributed by atoms with Gasteiger partial charge in [-0.25, -0.2) is 9.07 Å². The Morgan fingerprint density at radius 3 is 2.52 bits per heavy atom. The lowest BCUT2D eigenvalue weighted by molar-refractivity contribution is 0.400. The highest BCUT2D eigenvalue weighted by atomic mass is 32.2. The van der Waals surface area contributed by atoms with E-state index in [9.17, 15) is 4.39 Å². The van der Waals surface area contributed by atoms with E-state index >= 15 is 0 Å². The fraction of sp³-hybridized carbons (Fsp3) is 0.176. The highest BCUT2D eigenvalue weighted by Gasteiger charge is 2.14. The van der Waals surface area contributed by atoms with Crippen LogP contribution in [0, 0.1) is 5.82 Å². The largest absolute Gasteiger partial charge is 0.497 e. The average Bonchev–Trinajstić information content (AvgIpc) is 3.01. The molecule has 2 aromatic carbocycles. The Morgan fingerprint density at radius 2 is 1.84 bits per heavy atom. The summed E-state index contributed by atoms with van der Waals surface area (Å²) in [6.07, 6.45) is 0. The van der Waals surface area contributed by atoms with Crippen LogP contribution in [0.5, 0.6) is 11.5 Å². The summed E-state index contributed by atoms with van der Waals surface area (Å²) in [6.45, 7) is 0. The van der Waals surface area contributed by atoms with E-state index in [2.05, 4.69) is 10.2 Å². The van der Waals surface area contributed by atoms with Gasteiger partial charge in [-0.15, -0.1) is 10.2 Å². The Labute approximate surface area is 148 Å². The van der Waals surface area contributed by atoms with Crippen LogP contribution in [0.1, 0.15) is 5.56 Å². The molecular weight excluding hydrogens is 343 g/mol. The number of nitrogens with zero attached hydrogens (tertiary/aromatic N) is 3. The molecule has 0 aliphatic heterocycles. The summed E-state index contributed by atoms with van der Waals surface area (Å²) < 4.78 is 25.1. The first-order chi connectivity index (χ1) is 12.1. The van der Waals surface area contributed by atoms with Gasteiger partial charge in [0, 0.05) is 16.9 Å². The van der Waals surface area contributed by atoms with Gasteiger partial charge in [0.25, 0.3) is 0 Å². The molecule has 0 spiro atoms. The van der Waals surface area contributed by atoms with Gasteiger partial charge in [-0.05, 0) is 42.5 Å². The number of hydrogen-bond donors (Lipinski definition) is 1. The number of hydrogen-bond acceptors (Lipinski definition) is 6. The van der Waals surface area contributed by atoms with Gasteiger partial charge in [0.05, 0.1) is 14.2 Å². The van der Waals surface area contributed by atoms with Crippen LogP contribution in [0.4, 0.5) is 4.39 Å². The lowest BCUT2D eigenvalue weighted by atomic mass is 10.2. The number of benzene rings is 2. The second kappa shape index (κ2) is 7.43. The van der Waals surface area contributed by atoms with E-state index in [1.165, 1.54) is 28.6 Å². The number of thioether (sulfide) groups is 1. The summed E-state index contributed by atoms with van der Waals surface area (Å²) >= 11 is 1.42. The first-order valence-corrected chi connectivity index (χ1v) is 8.41. The molecule has 25 heavy (non-hydrogen) atoms. The molecule has 6 nitrogen and oxygen atoms in total. The van der Waals surface area contributed by atoms with Crippen LogP contribution < -0.4 is 15.3 Å². The molecule has 0 saturated heterocycles. The molecule has 0 aliphatic rings. The summed E-state index contributed by atoms with van der Waals surface area (Å²) in [7, 11) is 3.23. The quantitative estimate of drug-likeness (QED) is 0.538. The van der Waals surface area contributed by atoms with Crippen molar-refractivity contribution in [2.75, 3.05) is 20.1 Å². The maximum Gasteiger partial charge on any atom is 0.210 e. The zero-order chi connectivity index (χ0) is 17.8. The van der Waals surface area contributed by atoms with Crippen LogP contribution in [-0.2, 0) is 5.75 Å². The molecule has 8 heteroatoms. The predicted octanol–water partition coefficient (Wildman–Crippen LogP) is 3.11. The van der Waals surface area contributed by atoms with Crippen LogP contribution in [-0.4, -0.2) is 29.1 Å². The molecule has 1 heterocycles. The van der Waals surface area contributed by atoms with E-state index in [1.807, 2.05) is 18.2 Å². The second-order valence-corrected chi connectivity index (χ2v) is 6.09. The van der Waals surface area contributed by atoms with Crippen LogP contribution in [0.3, 0.4) is 0 Å². The Kier molecular flexibility index (Phi) is 5.08. The average molecular weight is 360 g/mol. The fourth-order valence-corrected chi connectivity index (χ4v) is 3.14. The SMILES string of the molecule is COc1ccc(OC)c(CSc2nnc(-c3ccc(F)cc3)n2N)c1. The Morgan fingerprint density at radius 1 is 1.08 bits per heavy atom. The highest BCUT2D eigenvalue weighted by Crippen LogP contribution is 2.30. The van der Waals surface area contributed by atoms with Gasteiger partial charge in [-0.2, -0.15) is 0 Å². The van der Waals surface area contributed by atoms with Crippen molar-refractivity contribution in [3.63, 3.8) is 0 Å². The van der Waals surface area contributed by atoms with Crippen molar-refractivity contribution in [2.45, 2.75) is 10.9 Å². The minimum atomic E-state index is -0.313. The first kappa shape index (κ1) is 17.1. The van der Waals surface area contributed by atoms with Crippen molar-refractivity contribution in [2.24, 2.45) is 0 Å². The number of nitrogen functional groups attached to an aromatic ring is 1. The summed E-state index contributed by atoms with van der Waals surface area (Å²) in [4.78, 5) is 0. The van der Waals surface area contributed by atoms with Crippen molar-refractivity contribution >= 4 is 11.8 Å². The standard InChI is InChI=1S/C17H17FN4O2S/c1-23-14-7-8-15(24-2)12(9-14)10-25-17-21-20-16(22(17)19)11-3-5-13(18)6-4-11/h3-9H,10,19H2,1-2H3. The Hall–Kier alpha value is -2.74. The number of methoxy groups -OCH3 is 2. The van der Waals surface area contributed by atoms with Gasteiger partial charge in [0.1, 0.15) is 17.3 Å². The van der Waals surface area contributed by atoms with Crippen LogP contribution in [0.25, 0.3) is 11.4 Å². The highest BCUT2D eigenvalue weighted by molar-refractivity contribution is 7.98. The van der Waals surface area contributed by atoms with E-state index in [4.69, 9.17) is 15.3 Å². The zero-order valence-electron chi connectivity index (χ0n) is 13.8. The molecule has 0 amide bonds. The van der Waals surface area contributed by atoms with E-state index in [-0.39, 0.29) is 5.82 Å². The third-order valence-corrected chi connectivity index (χ3v) is 4.60. The van der Waals surface area contributed by atoms with Gasteiger partial charge in [-0.1, -0.05) is 11.8 Å². The van der Waals surface area contributed by atoms with E-state index in [1.54, 1.807) is 26.4 Å². The molecule has 3 aromatic rings. The molecule has 0 atom stereocenters. The summed E-state index contributed by atoms with van der Waals surface area (Å²) in [5, 5.41) is 8.75. The summed E-state index contributed by atoms with van der Waals surface area (Å²) in [5.74, 6) is 8.33. The van der Waals surface area contributed by atoms with E-state index < -0.39 is 0 Å². The molecule has 0 unspecified atom stereocenters. The molecule has 1 aromatic heterocycles. The van der Waals surface area contributed by atoms with Crippen molar-refractivity contribution in [3.8, 4) is 22.9 Å². The Bertz CT molecular complexity index is 868. The number of rotatable bonds is 6. The maximum atomic E-state index is 13.0. The molecule has 2 N–H and O–H groups in total. The monoisotopic (exact) mass is 360 g/mol. The normalized spacial score (nSPS) is 10.7. The van der Waals surface area contributed by atoms with Gasteiger partial charge < -0.3 is 15.3 Å². The predicted molar refractivity (Wildman–Crippen MR) is 94.7 cm³/mol. The number of nitrogens with two attached hydrogens (primary N) is 1. The maximum absolute atomic E-state index is 13.0. The molecule has 0 radical (unpaired) electrons. The number of aromatic nitrogens is 3. The lowest BCUT2D eigenvalue weighted by Crippen LogP contribution is -2.11. The van der Waals surface area contributed by atoms with Crippen LogP contribution in [0.2, 0.25) is 0 Å². The summed E-state index contributed by atoms with van der Waals surface area (Å²) in [5.41, 5.74) is 1.65. The molecule has 0 fully saturated rings. The molecule has 3 rings (SSSR count).